The van der Waals surface area contributed by atoms with E-state index in [4.69, 9.17) is 0 Å². The number of aryl methyl sites for hydroxylation is 1. The number of phenolic OH excluding ortho intramolecular Hbond substituents is 2. The van der Waals surface area contributed by atoms with Crippen LogP contribution in [0.5, 0.6) is 11.5 Å². The van der Waals surface area contributed by atoms with Crippen LogP contribution in [0.4, 0.5) is 0 Å². The third kappa shape index (κ3) is 1.11. The van der Waals surface area contributed by atoms with E-state index in [1.165, 1.54) is 0 Å². The highest BCUT2D eigenvalue weighted by molar-refractivity contribution is 5.93. The molecular formula is C11H9O2. The van der Waals surface area contributed by atoms with Gasteiger partial charge in [0.25, 0.3) is 0 Å². The summed E-state index contributed by atoms with van der Waals surface area (Å²) in [5.41, 5.74) is 0.566. The van der Waals surface area contributed by atoms with Crippen LogP contribution in [0, 0.1) is 13.0 Å². The van der Waals surface area contributed by atoms with E-state index in [1.807, 2.05) is 12.1 Å². The summed E-state index contributed by atoms with van der Waals surface area (Å²) in [4.78, 5) is 0. The second-order valence-corrected chi connectivity index (χ2v) is 2.99. The average molecular weight is 173 g/mol. The van der Waals surface area contributed by atoms with Gasteiger partial charge in [-0.15, -0.1) is 0 Å². The fourth-order valence-electron chi connectivity index (χ4n) is 1.40. The highest BCUT2D eigenvalue weighted by Gasteiger charge is 2.06. The number of benzene rings is 2. The molecule has 2 aromatic rings. The van der Waals surface area contributed by atoms with E-state index < -0.39 is 0 Å². The lowest BCUT2D eigenvalue weighted by atomic mass is 10.1. The van der Waals surface area contributed by atoms with Crippen molar-refractivity contribution >= 4 is 10.8 Å². The van der Waals surface area contributed by atoms with Gasteiger partial charge in [0.15, 0.2) is 0 Å². The van der Waals surface area contributed by atoms with Crippen molar-refractivity contribution in [2.75, 3.05) is 0 Å². The first kappa shape index (κ1) is 7.92. The van der Waals surface area contributed by atoms with Gasteiger partial charge in [0.05, 0.1) is 0 Å². The lowest BCUT2D eigenvalue weighted by Crippen LogP contribution is -1.80. The van der Waals surface area contributed by atoms with Crippen molar-refractivity contribution in [2.45, 2.75) is 6.92 Å². The smallest absolute Gasteiger partial charge is 0.131 e. The molecule has 0 heterocycles. The molecule has 0 aliphatic heterocycles. The number of aromatic hydroxyl groups is 2. The summed E-state index contributed by atoms with van der Waals surface area (Å²) in [5.74, 6) is 0.277. The number of hydrogen-bond donors (Lipinski definition) is 2. The molecule has 2 heteroatoms. The zero-order chi connectivity index (χ0) is 9.42. The summed E-state index contributed by atoms with van der Waals surface area (Å²) in [5, 5.41) is 20.4. The van der Waals surface area contributed by atoms with Gasteiger partial charge >= 0.3 is 0 Å². The standard InChI is InChI=1S/C11H9O2/c1-7-6-10(12)8-4-2-3-5-9(8)11(7)13/h2-5,12-13H,1H3. The van der Waals surface area contributed by atoms with Crippen molar-refractivity contribution in [3.63, 3.8) is 0 Å². The molecule has 2 aromatic carbocycles. The van der Waals surface area contributed by atoms with Crippen molar-refractivity contribution in [1.82, 2.24) is 0 Å². The average Bonchev–Trinajstić information content (AvgIpc) is 2.15. The van der Waals surface area contributed by atoms with Crippen molar-refractivity contribution in [3.05, 3.63) is 35.9 Å². The molecule has 13 heavy (non-hydrogen) atoms. The van der Waals surface area contributed by atoms with Gasteiger partial charge in [0, 0.05) is 22.4 Å². The second kappa shape index (κ2) is 2.66. The minimum absolute atomic E-state index is 0.0888. The third-order valence-electron chi connectivity index (χ3n) is 2.10. The Morgan fingerprint density at radius 3 is 2.38 bits per heavy atom. The Labute approximate surface area is 76.1 Å². The van der Waals surface area contributed by atoms with Crippen LogP contribution in [0.2, 0.25) is 0 Å². The topological polar surface area (TPSA) is 40.5 Å². The predicted octanol–water partition coefficient (Wildman–Crippen LogP) is 2.36. The van der Waals surface area contributed by atoms with Crippen molar-refractivity contribution in [3.8, 4) is 11.5 Å². The van der Waals surface area contributed by atoms with Crippen LogP contribution < -0.4 is 0 Å². The minimum atomic E-state index is 0.0888. The first-order valence-electron chi connectivity index (χ1n) is 4.02. The molecule has 1 radical (unpaired) electrons. The maximum Gasteiger partial charge on any atom is 0.131 e. The molecule has 2 N–H and O–H groups in total. The Kier molecular flexibility index (Phi) is 1.62. The lowest BCUT2D eigenvalue weighted by Gasteiger charge is -2.05. The van der Waals surface area contributed by atoms with Gasteiger partial charge in [-0.2, -0.15) is 0 Å². The van der Waals surface area contributed by atoms with Gasteiger partial charge in [-0.1, -0.05) is 24.3 Å². The van der Waals surface area contributed by atoms with E-state index >= 15 is 0 Å². The largest absolute Gasteiger partial charge is 0.507 e. The summed E-state index contributed by atoms with van der Waals surface area (Å²) in [6, 6.07) is 9.84. The van der Waals surface area contributed by atoms with Crippen LogP contribution in [-0.2, 0) is 0 Å². The van der Waals surface area contributed by atoms with Crippen LogP contribution in [0.3, 0.4) is 0 Å². The quantitative estimate of drug-likeness (QED) is 0.600. The van der Waals surface area contributed by atoms with Gasteiger partial charge < -0.3 is 10.2 Å². The fourth-order valence-corrected chi connectivity index (χ4v) is 1.40. The second-order valence-electron chi connectivity index (χ2n) is 2.99. The van der Waals surface area contributed by atoms with Crippen LogP contribution >= 0.6 is 0 Å². The minimum Gasteiger partial charge on any atom is -0.507 e. The van der Waals surface area contributed by atoms with Gasteiger partial charge in [-0.25, -0.2) is 0 Å². The molecule has 0 bridgehead atoms. The van der Waals surface area contributed by atoms with Gasteiger partial charge in [0.2, 0.25) is 0 Å². The maximum atomic E-state index is 9.64. The zero-order valence-corrected chi connectivity index (χ0v) is 7.20. The molecule has 0 unspecified atom stereocenters. The molecule has 2 rings (SSSR count). The number of phenols is 2. The molecule has 65 valence electrons. The molecule has 0 atom stereocenters. The lowest BCUT2D eigenvalue weighted by molar-refractivity contribution is 0.465. The highest BCUT2D eigenvalue weighted by Crippen LogP contribution is 2.33. The monoisotopic (exact) mass is 173 g/mol. The van der Waals surface area contributed by atoms with Crippen LogP contribution in [0.15, 0.2) is 24.3 Å². The predicted molar refractivity (Wildman–Crippen MR) is 50.9 cm³/mol. The zero-order valence-electron chi connectivity index (χ0n) is 7.20. The van der Waals surface area contributed by atoms with Gasteiger partial charge in [-0.3, -0.25) is 0 Å². The molecule has 0 fully saturated rings. The Hall–Kier alpha value is -1.70. The number of fused-ring (bicyclic) bond motifs is 1. The van der Waals surface area contributed by atoms with E-state index in [0.29, 0.717) is 16.3 Å². The van der Waals surface area contributed by atoms with Crippen molar-refractivity contribution < 1.29 is 10.2 Å². The summed E-state index contributed by atoms with van der Waals surface area (Å²) < 4.78 is 0. The van der Waals surface area contributed by atoms with Crippen LogP contribution in [-0.4, -0.2) is 10.2 Å². The third-order valence-corrected chi connectivity index (χ3v) is 2.10. The van der Waals surface area contributed by atoms with Crippen molar-refractivity contribution in [2.24, 2.45) is 0 Å². The van der Waals surface area contributed by atoms with Gasteiger partial charge in [0.1, 0.15) is 11.5 Å². The van der Waals surface area contributed by atoms with E-state index in [0.717, 1.165) is 0 Å². The SMILES string of the molecule is Cc1[c]c(O)c2ccccc2c1O. The van der Waals surface area contributed by atoms with Crippen molar-refractivity contribution in [1.29, 1.82) is 0 Å². The summed E-state index contributed by atoms with van der Waals surface area (Å²) >= 11 is 0. The number of rotatable bonds is 0. The van der Waals surface area contributed by atoms with E-state index in [2.05, 4.69) is 6.07 Å². The summed E-state index contributed by atoms with van der Waals surface area (Å²) in [6.45, 7) is 1.71. The van der Waals surface area contributed by atoms with E-state index in [9.17, 15) is 10.2 Å². The molecular weight excluding hydrogens is 164 g/mol. The summed E-state index contributed by atoms with van der Waals surface area (Å²) in [6.07, 6.45) is 0. The number of hydrogen-bond acceptors (Lipinski definition) is 2. The molecule has 0 aliphatic carbocycles. The molecule has 0 spiro atoms. The first-order chi connectivity index (χ1) is 6.20. The van der Waals surface area contributed by atoms with E-state index in [1.54, 1.807) is 19.1 Å². The molecule has 0 aliphatic rings. The molecule has 0 aromatic heterocycles. The Bertz CT molecular complexity index is 461. The highest BCUT2D eigenvalue weighted by atomic mass is 16.3. The Balaban J connectivity index is 2.97. The molecule has 0 saturated heterocycles. The van der Waals surface area contributed by atoms with Crippen LogP contribution in [0.1, 0.15) is 5.56 Å². The Morgan fingerprint density at radius 1 is 1.08 bits per heavy atom. The van der Waals surface area contributed by atoms with Crippen LogP contribution in [0.25, 0.3) is 10.8 Å². The van der Waals surface area contributed by atoms with Gasteiger partial charge in [-0.05, 0) is 6.92 Å². The molecule has 0 amide bonds. The Morgan fingerprint density at radius 2 is 1.69 bits per heavy atom. The first-order valence-corrected chi connectivity index (χ1v) is 4.02. The maximum absolute atomic E-state index is 9.64. The molecule has 2 nitrogen and oxygen atoms in total. The summed E-state index contributed by atoms with van der Waals surface area (Å²) in [7, 11) is 0. The fraction of sp³-hybridized carbons (Fsp3) is 0.0909. The molecule has 0 saturated carbocycles. The van der Waals surface area contributed by atoms with E-state index in [-0.39, 0.29) is 11.5 Å². The normalized spacial score (nSPS) is 10.5.